The molecule has 0 aliphatic heterocycles. The van der Waals surface area contributed by atoms with Gasteiger partial charge in [-0.25, -0.2) is 0 Å². The molecule has 406 valence electrons. The molecule has 6 nitrogen and oxygen atoms in total. The Bertz CT molecular complexity index is 1110. The number of carbonyl (C=O) groups is 3. The van der Waals surface area contributed by atoms with Gasteiger partial charge in [0.2, 0.25) is 0 Å². The number of allylic oxidation sites excluding steroid dienone is 4. The van der Waals surface area contributed by atoms with E-state index in [1.807, 2.05) is 0 Å². The molecule has 0 amide bonds. The van der Waals surface area contributed by atoms with E-state index in [0.717, 1.165) is 77.0 Å². The Labute approximate surface area is 430 Å². The molecular formula is C63H118O6. The topological polar surface area (TPSA) is 78.9 Å². The van der Waals surface area contributed by atoms with E-state index < -0.39 is 6.10 Å². The summed E-state index contributed by atoms with van der Waals surface area (Å²) in [5, 5.41) is 0. The first-order valence-corrected chi connectivity index (χ1v) is 30.8. The minimum absolute atomic E-state index is 0.0698. The zero-order valence-corrected chi connectivity index (χ0v) is 46.6. The summed E-state index contributed by atoms with van der Waals surface area (Å²) in [7, 11) is 0. The van der Waals surface area contributed by atoms with Gasteiger partial charge in [0.1, 0.15) is 13.2 Å². The molecule has 0 aromatic rings. The lowest BCUT2D eigenvalue weighted by molar-refractivity contribution is -0.167. The van der Waals surface area contributed by atoms with E-state index in [-0.39, 0.29) is 31.1 Å². The normalized spacial score (nSPS) is 12.1. The zero-order valence-electron chi connectivity index (χ0n) is 46.6. The summed E-state index contributed by atoms with van der Waals surface area (Å²) in [6.07, 6.45) is 68.9. The van der Waals surface area contributed by atoms with Crippen LogP contribution >= 0.6 is 0 Å². The number of ether oxygens (including phenoxy) is 3. The van der Waals surface area contributed by atoms with Crippen LogP contribution in [-0.4, -0.2) is 37.2 Å². The van der Waals surface area contributed by atoms with Crippen molar-refractivity contribution in [2.75, 3.05) is 13.2 Å². The molecule has 0 rings (SSSR count). The summed E-state index contributed by atoms with van der Waals surface area (Å²) in [5.74, 6) is -0.858. The lowest BCUT2D eigenvalue weighted by atomic mass is 10.0. The maximum atomic E-state index is 12.9. The Morgan fingerprint density at radius 3 is 0.841 bits per heavy atom. The first-order chi connectivity index (χ1) is 34.0. The molecule has 0 aliphatic rings. The van der Waals surface area contributed by atoms with Gasteiger partial charge in [0.25, 0.3) is 0 Å². The largest absolute Gasteiger partial charge is 0.462 e. The molecule has 0 aromatic carbocycles. The van der Waals surface area contributed by atoms with E-state index in [9.17, 15) is 14.4 Å². The molecule has 0 saturated heterocycles. The third-order valence-corrected chi connectivity index (χ3v) is 14.0. The van der Waals surface area contributed by atoms with Gasteiger partial charge in [0.15, 0.2) is 6.10 Å². The third kappa shape index (κ3) is 56.7. The summed E-state index contributed by atoms with van der Waals surface area (Å²) in [4.78, 5) is 38.2. The van der Waals surface area contributed by atoms with Crippen LogP contribution in [0, 0.1) is 0 Å². The van der Waals surface area contributed by atoms with E-state index in [1.165, 1.54) is 225 Å². The molecule has 0 heterocycles. The van der Waals surface area contributed by atoms with Gasteiger partial charge in [0.05, 0.1) is 0 Å². The highest BCUT2D eigenvalue weighted by Crippen LogP contribution is 2.18. The summed E-state index contributed by atoms with van der Waals surface area (Å²) in [6, 6.07) is 0. The van der Waals surface area contributed by atoms with Crippen LogP contribution in [0.3, 0.4) is 0 Å². The van der Waals surface area contributed by atoms with Gasteiger partial charge in [-0.05, 0) is 44.9 Å². The summed E-state index contributed by atoms with van der Waals surface area (Å²) in [5.41, 5.74) is 0. The third-order valence-electron chi connectivity index (χ3n) is 14.0. The second-order valence-corrected chi connectivity index (χ2v) is 21.0. The smallest absolute Gasteiger partial charge is 0.306 e. The standard InChI is InChI=1S/C63H118O6/c1-4-7-10-13-16-19-22-25-28-30-31-32-34-35-38-41-44-47-50-53-56-62(65)68-59-60(58-67-61(64)55-52-49-46-43-40-37-27-24-21-18-15-12-9-6-3)69-63(66)57-54-51-48-45-42-39-36-33-29-26-23-20-17-14-11-8-5-2/h15,18,24,27,60H,4-14,16-17,19-23,25-26,28-59H2,1-3H3/b18-15-,27-24-. The number of esters is 3. The molecule has 0 aromatic heterocycles. The van der Waals surface area contributed by atoms with Crippen LogP contribution in [0.15, 0.2) is 24.3 Å². The van der Waals surface area contributed by atoms with Crippen molar-refractivity contribution >= 4 is 17.9 Å². The van der Waals surface area contributed by atoms with Crippen LogP contribution in [0.4, 0.5) is 0 Å². The lowest BCUT2D eigenvalue weighted by Crippen LogP contribution is -2.30. The molecule has 0 saturated carbocycles. The van der Waals surface area contributed by atoms with E-state index in [1.54, 1.807) is 0 Å². The second-order valence-electron chi connectivity index (χ2n) is 21.0. The van der Waals surface area contributed by atoms with E-state index in [0.29, 0.717) is 19.3 Å². The van der Waals surface area contributed by atoms with Crippen LogP contribution < -0.4 is 0 Å². The Morgan fingerprint density at radius 1 is 0.290 bits per heavy atom. The van der Waals surface area contributed by atoms with Crippen LogP contribution in [0.2, 0.25) is 0 Å². The summed E-state index contributed by atoms with van der Waals surface area (Å²) in [6.45, 7) is 6.65. The van der Waals surface area contributed by atoms with Crippen molar-refractivity contribution in [1.82, 2.24) is 0 Å². The predicted molar refractivity (Wildman–Crippen MR) is 298 cm³/mol. The zero-order chi connectivity index (χ0) is 50.0. The van der Waals surface area contributed by atoms with Crippen molar-refractivity contribution in [2.45, 2.75) is 348 Å². The number of rotatable bonds is 57. The molecule has 1 unspecified atom stereocenters. The van der Waals surface area contributed by atoms with Crippen molar-refractivity contribution in [1.29, 1.82) is 0 Å². The quantitative estimate of drug-likeness (QED) is 0.0261. The number of unbranched alkanes of at least 4 members (excludes halogenated alkanes) is 42. The van der Waals surface area contributed by atoms with Crippen LogP contribution in [0.5, 0.6) is 0 Å². The lowest BCUT2D eigenvalue weighted by Gasteiger charge is -2.18. The average Bonchev–Trinajstić information content (AvgIpc) is 3.35. The molecule has 6 heteroatoms. The molecule has 0 radical (unpaired) electrons. The molecule has 0 N–H and O–H groups in total. The highest BCUT2D eigenvalue weighted by Gasteiger charge is 2.19. The monoisotopic (exact) mass is 971 g/mol. The van der Waals surface area contributed by atoms with Gasteiger partial charge in [-0.3, -0.25) is 14.4 Å². The van der Waals surface area contributed by atoms with Crippen LogP contribution in [-0.2, 0) is 28.6 Å². The minimum atomic E-state index is -0.772. The second kappa shape index (κ2) is 58.5. The van der Waals surface area contributed by atoms with E-state index >= 15 is 0 Å². The van der Waals surface area contributed by atoms with Crippen LogP contribution in [0.25, 0.3) is 0 Å². The Kier molecular flexibility index (Phi) is 56.7. The fourth-order valence-electron chi connectivity index (χ4n) is 9.29. The molecule has 69 heavy (non-hydrogen) atoms. The Hall–Kier alpha value is -2.11. The maximum absolute atomic E-state index is 12.9. The van der Waals surface area contributed by atoms with Gasteiger partial charge in [-0.15, -0.1) is 0 Å². The minimum Gasteiger partial charge on any atom is -0.462 e. The van der Waals surface area contributed by atoms with Gasteiger partial charge in [0, 0.05) is 19.3 Å². The fourth-order valence-corrected chi connectivity index (χ4v) is 9.29. The maximum Gasteiger partial charge on any atom is 0.306 e. The fraction of sp³-hybridized carbons (Fsp3) is 0.889. The van der Waals surface area contributed by atoms with Crippen molar-refractivity contribution in [3.63, 3.8) is 0 Å². The summed E-state index contributed by atoms with van der Waals surface area (Å²) < 4.78 is 16.9. The number of hydrogen-bond acceptors (Lipinski definition) is 6. The number of carbonyl (C=O) groups excluding carboxylic acids is 3. The SMILES string of the molecule is CCCC/C=C\C/C=C\CCCCCCCC(=O)OCC(COC(=O)CCCCCCCCCCCCCCCCCCCCCC)OC(=O)CCCCCCCCCCCCCCCCCCC. The average molecular weight is 972 g/mol. The molecule has 1 atom stereocenters. The highest BCUT2D eigenvalue weighted by molar-refractivity contribution is 5.71. The van der Waals surface area contributed by atoms with Gasteiger partial charge in [-0.1, -0.05) is 302 Å². The predicted octanol–water partition coefficient (Wildman–Crippen LogP) is 20.7. The van der Waals surface area contributed by atoms with Gasteiger partial charge < -0.3 is 14.2 Å². The first-order valence-electron chi connectivity index (χ1n) is 30.8. The Balaban J connectivity index is 4.30. The first kappa shape index (κ1) is 66.9. The van der Waals surface area contributed by atoms with Gasteiger partial charge in [-0.2, -0.15) is 0 Å². The highest BCUT2D eigenvalue weighted by atomic mass is 16.6. The molecule has 0 fully saturated rings. The number of hydrogen-bond donors (Lipinski definition) is 0. The molecular weight excluding hydrogens is 853 g/mol. The van der Waals surface area contributed by atoms with E-state index in [4.69, 9.17) is 14.2 Å². The summed E-state index contributed by atoms with van der Waals surface area (Å²) >= 11 is 0. The Morgan fingerprint density at radius 2 is 0.536 bits per heavy atom. The van der Waals surface area contributed by atoms with Crippen molar-refractivity contribution in [3.8, 4) is 0 Å². The van der Waals surface area contributed by atoms with Gasteiger partial charge >= 0.3 is 17.9 Å². The van der Waals surface area contributed by atoms with Crippen molar-refractivity contribution < 1.29 is 28.6 Å². The molecule has 0 aliphatic carbocycles. The molecule has 0 bridgehead atoms. The van der Waals surface area contributed by atoms with E-state index in [2.05, 4.69) is 45.1 Å². The van der Waals surface area contributed by atoms with Crippen molar-refractivity contribution in [2.24, 2.45) is 0 Å². The molecule has 0 spiro atoms. The van der Waals surface area contributed by atoms with Crippen molar-refractivity contribution in [3.05, 3.63) is 24.3 Å². The van der Waals surface area contributed by atoms with Crippen LogP contribution in [0.1, 0.15) is 342 Å².